The SMILES string of the molecule is Cl.Oc1ccc(-c2sc3cc(O)ccc3c2Oc2ccc(OCCN3CCCCC3)cc2)cc1. The Balaban J connectivity index is 0.00000274. The highest BCUT2D eigenvalue weighted by atomic mass is 35.5. The third-order valence-electron chi connectivity index (χ3n) is 5.93. The van der Waals surface area contributed by atoms with Gasteiger partial charge in [0.05, 0.1) is 4.88 Å². The Bertz CT molecular complexity index is 1220. The van der Waals surface area contributed by atoms with Crippen LogP contribution in [0.15, 0.2) is 66.7 Å². The molecule has 1 aromatic heterocycles. The predicted molar refractivity (Wildman–Crippen MR) is 140 cm³/mol. The summed E-state index contributed by atoms with van der Waals surface area (Å²) in [5.74, 6) is 2.72. The summed E-state index contributed by atoms with van der Waals surface area (Å²) in [7, 11) is 0. The number of hydrogen-bond donors (Lipinski definition) is 2. The monoisotopic (exact) mass is 497 g/mol. The topological polar surface area (TPSA) is 62.2 Å². The molecule has 5 rings (SSSR count). The van der Waals surface area contributed by atoms with Crippen molar-refractivity contribution >= 4 is 33.8 Å². The van der Waals surface area contributed by atoms with Crippen LogP contribution < -0.4 is 9.47 Å². The van der Waals surface area contributed by atoms with Crippen LogP contribution >= 0.6 is 23.7 Å². The second kappa shape index (κ2) is 11.0. The van der Waals surface area contributed by atoms with E-state index < -0.39 is 0 Å². The first kappa shape index (κ1) is 24.2. The van der Waals surface area contributed by atoms with Crippen LogP contribution in [0.5, 0.6) is 28.7 Å². The number of fused-ring (bicyclic) bond motifs is 1. The number of benzene rings is 3. The molecule has 178 valence electrons. The van der Waals surface area contributed by atoms with Gasteiger partial charge in [-0.25, -0.2) is 0 Å². The van der Waals surface area contributed by atoms with Gasteiger partial charge in [-0.05, 0) is 98.2 Å². The Morgan fingerprint density at radius 1 is 0.794 bits per heavy atom. The number of rotatable bonds is 7. The molecule has 0 spiro atoms. The first-order valence-electron chi connectivity index (χ1n) is 11.3. The molecule has 4 aromatic rings. The molecule has 1 saturated heterocycles. The van der Waals surface area contributed by atoms with Crippen LogP contribution in [-0.4, -0.2) is 41.4 Å². The third kappa shape index (κ3) is 5.58. The number of phenols is 2. The molecule has 7 heteroatoms. The lowest BCUT2D eigenvalue weighted by atomic mass is 10.1. The van der Waals surface area contributed by atoms with E-state index in [1.807, 2.05) is 42.5 Å². The molecular formula is C27H28ClNO4S. The van der Waals surface area contributed by atoms with Crippen molar-refractivity contribution in [2.45, 2.75) is 19.3 Å². The standard InChI is InChI=1S/C27H27NO4S.ClH/c29-20-6-4-19(5-7-20)27-26(24-13-8-21(30)18-25(24)33-27)32-23-11-9-22(10-12-23)31-17-16-28-14-2-1-3-15-28;/h4-13,18,29-30H,1-3,14-17H2;1H. The summed E-state index contributed by atoms with van der Waals surface area (Å²) in [5.41, 5.74) is 0.946. The van der Waals surface area contributed by atoms with E-state index in [0.717, 1.165) is 38.6 Å². The lowest BCUT2D eigenvalue weighted by molar-refractivity contribution is 0.183. The van der Waals surface area contributed by atoms with Crippen LogP contribution in [0.25, 0.3) is 20.5 Å². The minimum absolute atomic E-state index is 0. The summed E-state index contributed by atoms with van der Waals surface area (Å²) >= 11 is 1.55. The number of ether oxygens (including phenoxy) is 2. The van der Waals surface area contributed by atoms with Gasteiger partial charge < -0.3 is 19.7 Å². The second-order valence-corrected chi connectivity index (χ2v) is 9.36. The van der Waals surface area contributed by atoms with Crippen LogP contribution in [0.3, 0.4) is 0 Å². The normalized spacial score (nSPS) is 14.0. The molecule has 1 fully saturated rings. The summed E-state index contributed by atoms with van der Waals surface area (Å²) in [6.45, 7) is 3.99. The highest BCUT2D eigenvalue weighted by Crippen LogP contribution is 2.47. The van der Waals surface area contributed by atoms with Gasteiger partial charge in [-0.2, -0.15) is 0 Å². The van der Waals surface area contributed by atoms with Crippen molar-refractivity contribution in [3.63, 3.8) is 0 Å². The highest BCUT2D eigenvalue weighted by molar-refractivity contribution is 7.22. The van der Waals surface area contributed by atoms with E-state index in [-0.39, 0.29) is 23.9 Å². The Hall–Kier alpha value is -2.93. The summed E-state index contributed by atoms with van der Waals surface area (Å²) in [4.78, 5) is 3.41. The zero-order valence-corrected chi connectivity index (χ0v) is 20.4. The minimum atomic E-state index is 0. The van der Waals surface area contributed by atoms with Crippen LogP contribution in [0.2, 0.25) is 0 Å². The number of aromatic hydroxyl groups is 2. The summed E-state index contributed by atoms with van der Waals surface area (Å²) in [6, 6.07) is 20.1. The van der Waals surface area contributed by atoms with E-state index in [2.05, 4.69) is 4.90 Å². The third-order valence-corrected chi connectivity index (χ3v) is 7.11. The molecule has 0 amide bonds. The van der Waals surface area contributed by atoms with Crippen molar-refractivity contribution in [1.82, 2.24) is 4.90 Å². The second-order valence-electron chi connectivity index (χ2n) is 8.31. The maximum atomic E-state index is 9.93. The number of likely N-dealkylation sites (tertiary alicyclic amines) is 1. The Morgan fingerprint density at radius 2 is 1.47 bits per heavy atom. The van der Waals surface area contributed by atoms with Crippen LogP contribution in [-0.2, 0) is 0 Å². The quantitative estimate of drug-likeness (QED) is 0.286. The number of phenolic OH excluding ortho intramolecular Hbond substituents is 2. The largest absolute Gasteiger partial charge is 0.508 e. The molecule has 0 aliphatic carbocycles. The van der Waals surface area contributed by atoms with Gasteiger partial charge in [0.15, 0.2) is 5.75 Å². The van der Waals surface area contributed by atoms with E-state index in [4.69, 9.17) is 9.47 Å². The predicted octanol–water partition coefficient (Wildman–Crippen LogP) is 7.06. The van der Waals surface area contributed by atoms with Gasteiger partial charge in [0.25, 0.3) is 0 Å². The van der Waals surface area contributed by atoms with Crippen molar-refractivity contribution < 1.29 is 19.7 Å². The molecule has 0 radical (unpaired) electrons. The maximum absolute atomic E-state index is 9.93. The molecular weight excluding hydrogens is 470 g/mol. The van der Waals surface area contributed by atoms with Crippen molar-refractivity contribution in [3.05, 3.63) is 66.7 Å². The zero-order chi connectivity index (χ0) is 22.6. The molecule has 0 unspecified atom stereocenters. The summed E-state index contributed by atoms with van der Waals surface area (Å²) in [6.07, 6.45) is 3.91. The minimum Gasteiger partial charge on any atom is -0.508 e. The van der Waals surface area contributed by atoms with Crippen LogP contribution in [0.4, 0.5) is 0 Å². The summed E-state index contributed by atoms with van der Waals surface area (Å²) in [5, 5.41) is 20.5. The number of piperidine rings is 1. The highest BCUT2D eigenvalue weighted by Gasteiger charge is 2.17. The van der Waals surface area contributed by atoms with E-state index in [0.29, 0.717) is 12.4 Å². The maximum Gasteiger partial charge on any atom is 0.153 e. The van der Waals surface area contributed by atoms with E-state index in [1.165, 1.54) is 32.4 Å². The Kier molecular flexibility index (Phi) is 7.83. The summed E-state index contributed by atoms with van der Waals surface area (Å²) < 4.78 is 13.2. The Morgan fingerprint density at radius 3 is 2.21 bits per heavy atom. The lowest BCUT2D eigenvalue weighted by Crippen LogP contribution is -2.33. The van der Waals surface area contributed by atoms with Gasteiger partial charge in [-0.3, -0.25) is 4.90 Å². The molecule has 1 aliphatic rings. The average Bonchev–Trinajstić information content (AvgIpc) is 3.18. The molecule has 2 N–H and O–H groups in total. The van der Waals surface area contributed by atoms with Gasteiger partial charge >= 0.3 is 0 Å². The number of thiophene rings is 1. The molecule has 0 atom stereocenters. The fourth-order valence-electron chi connectivity index (χ4n) is 4.16. The molecule has 0 bridgehead atoms. The molecule has 3 aromatic carbocycles. The Labute approximate surface area is 209 Å². The van der Waals surface area contributed by atoms with Crippen molar-refractivity contribution in [2.75, 3.05) is 26.2 Å². The average molecular weight is 498 g/mol. The molecule has 5 nitrogen and oxygen atoms in total. The number of nitrogens with zero attached hydrogens (tertiary/aromatic N) is 1. The molecule has 2 heterocycles. The van der Waals surface area contributed by atoms with E-state index in [1.54, 1.807) is 35.6 Å². The van der Waals surface area contributed by atoms with Crippen molar-refractivity contribution in [3.8, 4) is 39.2 Å². The van der Waals surface area contributed by atoms with Crippen molar-refractivity contribution in [2.24, 2.45) is 0 Å². The van der Waals surface area contributed by atoms with Crippen molar-refractivity contribution in [1.29, 1.82) is 0 Å². The number of halogens is 1. The number of hydrogen-bond acceptors (Lipinski definition) is 6. The fourth-order valence-corrected chi connectivity index (χ4v) is 5.33. The van der Waals surface area contributed by atoms with Gasteiger partial charge in [0.1, 0.15) is 29.6 Å². The molecule has 1 aliphatic heterocycles. The first-order chi connectivity index (χ1) is 16.2. The van der Waals surface area contributed by atoms with Gasteiger partial charge in [0.2, 0.25) is 0 Å². The lowest BCUT2D eigenvalue weighted by Gasteiger charge is -2.26. The molecule has 0 saturated carbocycles. The molecule has 34 heavy (non-hydrogen) atoms. The van der Waals surface area contributed by atoms with E-state index in [9.17, 15) is 10.2 Å². The zero-order valence-electron chi connectivity index (χ0n) is 18.8. The van der Waals surface area contributed by atoms with Crippen LogP contribution in [0, 0.1) is 0 Å². The van der Waals surface area contributed by atoms with Gasteiger partial charge in [0, 0.05) is 16.6 Å². The first-order valence-corrected chi connectivity index (χ1v) is 12.2. The van der Waals surface area contributed by atoms with Crippen LogP contribution in [0.1, 0.15) is 19.3 Å². The van der Waals surface area contributed by atoms with Gasteiger partial charge in [-0.1, -0.05) is 6.42 Å². The van der Waals surface area contributed by atoms with E-state index >= 15 is 0 Å². The van der Waals surface area contributed by atoms with Gasteiger partial charge in [-0.15, -0.1) is 23.7 Å². The smallest absolute Gasteiger partial charge is 0.153 e. The fraction of sp³-hybridized carbons (Fsp3) is 0.259.